The van der Waals surface area contributed by atoms with E-state index in [9.17, 15) is 22.9 Å². The lowest BCUT2D eigenvalue weighted by molar-refractivity contribution is -0.114. The summed E-state index contributed by atoms with van der Waals surface area (Å²) in [5.41, 5.74) is 3.34. The third-order valence-electron chi connectivity index (χ3n) is 4.58. The molecule has 0 aliphatic heterocycles. The lowest BCUT2D eigenvalue weighted by atomic mass is 10.0. The van der Waals surface area contributed by atoms with Gasteiger partial charge in [0.05, 0.1) is 16.3 Å². The molecule has 8 nitrogen and oxygen atoms in total. The van der Waals surface area contributed by atoms with Crippen molar-refractivity contribution in [1.29, 1.82) is 0 Å². The molecule has 0 saturated carbocycles. The molecule has 0 heterocycles. The van der Waals surface area contributed by atoms with E-state index in [0.29, 0.717) is 16.6 Å². The van der Waals surface area contributed by atoms with Gasteiger partial charge in [0.1, 0.15) is 5.69 Å². The molecule has 3 rings (SSSR count). The third-order valence-corrected chi connectivity index (χ3v) is 5.41. The van der Waals surface area contributed by atoms with Crippen LogP contribution in [0.3, 0.4) is 0 Å². The summed E-state index contributed by atoms with van der Waals surface area (Å²) < 4.78 is 32.7. The van der Waals surface area contributed by atoms with Crippen LogP contribution in [0.1, 0.15) is 23.6 Å². The van der Waals surface area contributed by atoms with Crippen molar-refractivity contribution in [3.8, 4) is 5.75 Å². The van der Waals surface area contributed by atoms with Crippen LogP contribution in [0, 0.1) is 20.8 Å². The number of carbonyl (C=O) groups excluding carboxylic acids is 1. The van der Waals surface area contributed by atoms with Crippen LogP contribution >= 0.6 is 0 Å². The summed E-state index contributed by atoms with van der Waals surface area (Å²) in [6, 6.07) is 9.65. The van der Waals surface area contributed by atoms with Crippen LogP contribution < -0.4 is 5.32 Å². The number of nitrogens with one attached hydrogen (secondary N) is 1. The zero-order chi connectivity index (χ0) is 22.2. The minimum atomic E-state index is -4.52. The molecular weight excluding hydrogens is 406 g/mol. The minimum Gasteiger partial charge on any atom is -0.505 e. The zero-order valence-electron chi connectivity index (χ0n) is 16.9. The molecule has 0 fully saturated rings. The number of phenols is 1. The molecule has 1 amide bonds. The van der Waals surface area contributed by atoms with Gasteiger partial charge >= 0.3 is 0 Å². The van der Waals surface area contributed by atoms with E-state index in [2.05, 4.69) is 15.5 Å². The molecule has 0 radical (unpaired) electrons. The molecule has 9 heteroatoms. The fourth-order valence-corrected chi connectivity index (χ4v) is 3.66. The Morgan fingerprint density at radius 2 is 1.70 bits per heavy atom. The highest BCUT2D eigenvalue weighted by Gasteiger charge is 2.19. The van der Waals surface area contributed by atoms with Gasteiger partial charge in [0, 0.05) is 12.3 Å². The number of aromatic hydroxyl groups is 1. The standard InChI is InChI=1S/C21H21N3O5S/c1-11-5-6-12(2)17(7-11)23-24-20-13(3)8-15-9-16(30(27,28)29)10-18(22-14(4)25)19(15)21(20)26/h5-10,26H,1-4H3,(H,22,25)(H,27,28,29). The Balaban J connectivity index is 2.26. The van der Waals surface area contributed by atoms with Gasteiger partial charge in [0.2, 0.25) is 5.91 Å². The van der Waals surface area contributed by atoms with Crippen molar-refractivity contribution >= 4 is 43.9 Å². The second-order valence-electron chi connectivity index (χ2n) is 7.11. The zero-order valence-corrected chi connectivity index (χ0v) is 17.7. The number of aryl methyl sites for hydroxylation is 3. The first kappa shape index (κ1) is 21.4. The Morgan fingerprint density at radius 3 is 2.33 bits per heavy atom. The smallest absolute Gasteiger partial charge is 0.294 e. The lowest BCUT2D eigenvalue weighted by Crippen LogP contribution is -2.08. The van der Waals surface area contributed by atoms with Crippen molar-refractivity contribution in [2.75, 3.05) is 5.32 Å². The van der Waals surface area contributed by atoms with Gasteiger partial charge in [0.25, 0.3) is 10.1 Å². The third kappa shape index (κ3) is 4.32. The maximum absolute atomic E-state index is 11.6. The molecule has 0 unspecified atom stereocenters. The molecule has 3 aromatic rings. The summed E-state index contributed by atoms with van der Waals surface area (Å²) >= 11 is 0. The van der Waals surface area contributed by atoms with Gasteiger partial charge in [-0.05, 0) is 67.1 Å². The normalized spacial score (nSPS) is 11.9. The molecule has 0 bridgehead atoms. The highest BCUT2D eigenvalue weighted by atomic mass is 32.2. The fraction of sp³-hybridized carbons (Fsp3) is 0.190. The number of anilines is 1. The van der Waals surface area contributed by atoms with E-state index in [-0.39, 0.29) is 22.5 Å². The first-order valence-corrected chi connectivity index (χ1v) is 10.5. The second kappa shape index (κ2) is 7.85. The Hall–Kier alpha value is -3.30. The summed E-state index contributed by atoms with van der Waals surface area (Å²) in [7, 11) is -4.52. The van der Waals surface area contributed by atoms with Crippen LogP contribution in [-0.2, 0) is 14.9 Å². The van der Waals surface area contributed by atoms with Crippen molar-refractivity contribution in [2.45, 2.75) is 32.6 Å². The maximum atomic E-state index is 11.6. The van der Waals surface area contributed by atoms with E-state index in [1.165, 1.54) is 13.0 Å². The van der Waals surface area contributed by atoms with Gasteiger partial charge in [-0.1, -0.05) is 12.1 Å². The van der Waals surface area contributed by atoms with E-state index < -0.39 is 20.9 Å². The lowest BCUT2D eigenvalue weighted by Gasteiger charge is -2.14. The molecule has 3 aromatic carbocycles. The van der Waals surface area contributed by atoms with Crippen LogP contribution in [0.4, 0.5) is 17.1 Å². The Kier molecular flexibility index (Phi) is 5.60. The fourth-order valence-electron chi connectivity index (χ4n) is 3.12. The Morgan fingerprint density at radius 1 is 1.00 bits per heavy atom. The van der Waals surface area contributed by atoms with Crippen molar-refractivity contribution in [2.24, 2.45) is 10.2 Å². The summed E-state index contributed by atoms with van der Waals surface area (Å²) in [5, 5.41) is 22.4. The number of amides is 1. The van der Waals surface area contributed by atoms with Crippen molar-refractivity contribution in [3.05, 3.63) is 53.1 Å². The molecule has 3 N–H and O–H groups in total. The number of azo groups is 1. The molecule has 0 spiro atoms. The van der Waals surface area contributed by atoms with Gasteiger partial charge in [-0.15, -0.1) is 5.11 Å². The van der Waals surface area contributed by atoms with E-state index in [0.717, 1.165) is 17.2 Å². The first-order chi connectivity index (χ1) is 14.0. The van der Waals surface area contributed by atoms with Crippen molar-refractivity contribution in [1.82, 2.24) is 0 Å². The molecule has 0 aromatic heterocycles. The monoisotopic (exact) mass is 427 g/mol. The largest absolute Gasteiger partial charge is 0.505 e. The highest BCUT2D eigenvalue weighted by Crippen LogP contribution is 2.43. The quantitative estimate of drug-likeness (QED) is 0.394. The Bertz CT molecular complexity index is 1310. The maximum Gasteiger partial charge on any atom is 0.294 e. The first-order valence-electron chi connectivity index (χ1n) is 9.02. The predicted molar refractivity (Wildman–Crippen MR) is 115 cm³/mol. The molecule has 0 saturated heterocycles. The number of phenolic OH excluding ortho intramolecular Hbond substituents is 1. The Labute approximate surface area is 174 Å². The van der Waals surface area contributed by atoms with E-state index in [4.69, 9.17) is 0 Å². The van der Waals surface area contributed by atoms with Crippen LogP contribution in [-0.4, -0.2) is 24.0 Å². The second-order valence-corrected chi connectivity index (χ2v) is 8.53. The average Bonchev–Trinajstić information content (AvgIpc) is 2.62. The molecule has 0 atom stereocenters. The van der Waals surface area contributed by atoms with Crippen molar-refractivity contribution < 1.29 is 22.9 Å². The van der Waals surface area contributed by atoms with Crippen LogP contribution in [0.15, 0.2) is 51.5 Å². The van der Waals surface area contributed by atoms with Crippen LogP contribution in [0.2, 0.25) is 0 Å². The summed E-state index contributed by atoms with van der Waals surface area (Å²) in [4.78, 5) is 11.2. The van der Waals surface area contributed by atoms with E-state index >= 15 is 0 Å². The summed E-state index contributed by atoms with van der Waals surface area (Å²) in [6.45, 7) is 6.77. The number of hydrogen-bond acceptors (Lipinski definition) is 6. The van der Waals surface area contributed by atoms with Gasteiger partial charge in [-0.3, -0.25) is 9.35 Å². The number of nitrogens with zero attached hydrogens (tertiary/aromatic N) is 2. The summed E-state index contributed by atoms with van der Waals surface area (Å²) in [6.07, 6.45) is 0. The van der Waals surface area contributed by atoms with Crippen molar-refractivity contribution in [3.63, 3.8) is 0 Å². The van der Waals surface area contributed by atoms with Gasteiger partial charge in [0.15, 0.2) is 5.75 Å². The van der Waals surface area contributed by atoms with Gasteiger partial charge in [-0.25, -0.2) is 0 Å². The van der Waals surface area contributed by atoms with Gasteiger partial charge in [-0.2, -0.15) is 13.5 Å². The number of benzene rings is 3. The van der Waals surface area contributed by atoms with Crippen LogP contribution in [0.25, 0.3) is 10.8 Å². The van der Waals surface area contributed by atoms with E-state index in [1.54, 1.807) is 13.0 Å². The number of fused-ring (bicyclic) bond motifs is 1. The van der Waals surface area contributed by atoms with Crippen LogP contribution in [0.5, 0.6) is 5.75 Å². The molecule has 156 valence electrons. The molecule has 0 aliphatic rings. The molecule has 30 heavy (non-hydrogen) atoms. The minimum absolute atomic E-state index is 0.0355. The number of hydrogen-bond donors (Lipinski definition) is 3. The van der Waals surface area contributed by atoms with Gasteiger partial charge < -0.3 is 10.4 Å². The molecule has 0 aliphatic carbocycles. The van der Waals surface area contributed by atoms with E-state index in [1.807, 2.05) is 32.0 Å². The summed E-state index contributed by atoms with van der Waals surface area (Å²) in [5.74, 6) is -0.730. The number of rotatable bonds is 4. The average molecular weight is 427 g/mol. The highest BCUT2D eigenvalue weighted by molar-refractivity contribution is 7.85. The number of carbonyl (C=O) groups is 1. The topological polar surface area (TPSA) is 128 Å². The SMILES string of the molecule is CC(=O)Nc1cc(S(=O)(=O)O)cc2cc(C)c(N=Nc3cc(C)ccc3C)c(O)c12. The molecular formula is C21H21N3O5S. The predicted octanol–water partition coefficient (Wildman–Crippen LogP) is 5.09.